The summed E-state index contributed by atoms with van der Waals surface area (Å²) in [6, 6.07) is 12.0. The number of nitrogens with one attached hydrogen (secondary N) is 1. The topological polar surface area (TPSA) is 87.7 Å². The van der Waals surface area contributed by atoms with Gasteiger partial charge in [-0.2, -0.15) is 5.26 Å². The Kier molecular flexibility index (Phi) is 2.92. The predicted molar refractivity (Wildman–Crippen MR) is 73.7 cm³/mol. The zero-order valence-electron chi connectivity index (χ0n) is 11.1. The summed E-state index contributed by atoms with van der Waals surface area (Å²) in [6.45, 7) is 2.03. The average molecular weight is 266 g/mol. The van der Waals surface area contributed by atoms with Crippen LogP contribution in [0.25, 0.3) is 0 Å². The van der Waals surface area contributed by atoms with Crippen molar-refractivity contribution in [1.82, 2.24) is 10.2 Å². The molecular weight excluding hydrogens is 252 g/mol. The van der Waals surface area contributed by atoms with Crippen molar-refractivity contribution in [3.63, 3.8) is 0 Å². The van der Waals surface area contributed by atoms with Crippen molar-refractivity contribution in [2.24, 2.45) is 5.73 Å². The quantitative estimate of drug-likeness (QED) is 0.872. The van der Waals surface area contributed by atoms with Crippen LogP contribution in [0.2, 0.25) is 0 Å². The van der Waals surface area contributed by atoms with E-state index in [2.05, 4.69) is 16.3 Å². The molecule has 0 spiro atoms. The summed E-state index contributed by atoms with van der Waals surface area (Å²) >= 11 is 0. The molecule has 1 aliphatic rings. The first-order chi connectivity index (χ1) is 9.76. The lowest BCUT2D eigenvalue weighted by molar-refractivity contribution is 0.378. The minimum Gasteiger partial charge on any atom is -0.420 e. The Hall–Kier alpha value is -2.74. The van der Waals surface area contributed by atoms with E-state index in [-0.39, 0.29) is 11.8 Å². The molecule has 0 saturated heterocycles. The lowest BCUT2D eigenvalue weighted by Crippen LogP contribution is -2.21. The van der Waals surface area contributed by atoms with Gasteiger partial charge in [-0.05, 0) is 12.0 Å². The van der Waals surface area contributed by atoms with Crippen molar-refractivity contribution < 1.29 is 4.74 Å². The minimum atomic E-state index is -0.223. The molecule has 5 heteroatoms. The van der Waals surface area contributed by atoms with Gasteiger partial charge in [0.2, 0.25) is 11.8 Å². The van der Waals surface area contributed by atoms with Gasteiger partial charge < -0.3 is 10.5 Å². The molecule has 1 aromatic heterocycles. The van der Waals surface area contributed by atoms with E-state index in [1.165, 1.54) is 0 Å². The molecule has 1 aliphatic heterocycles. The Labute approximate surface area is 116 Å². The van der Waals surface area contributed by atoms with Crippen molar-refractivity contribution >= 4 is 0 Å². The summed E-state index contributed by atoms with van der Waals surface area (Å²) in [6.07, 6.45) is 0.785. The fraction of sp³-hybridized carbons (Fsp3) is 0.200. The molecule has 0 fully saturated rings. The zero-order chi connectivity index (χ0) is 14.1. The summed E-state index contributed by atoms with van der Waals surface area (Å²) in [7, 11) is 0. The first-order valence-corrected chi connectivity index (χ1v) is 6.46. The van der Waals surface area contributed by atoms with Crippen molar-refractivity contribution in [3.8, 4) is 11.9 Å². The van der Waals surface area contributed by atoms with Gasteiger partial charge in [0.15, 0.2) is 0 Å². The fourth-order valence-electron chi connectivity index (χ4n) is 2.56. The number of hydrogen-bond donors (Lipinski definition) is 2. The molecule has 3 rings (SSSR count). The Morgan fingerprint density at radius 3 is 2.80 bits per heavy atom. The van der Waals surface area contributed by atoms with E-state index in [4.69, 9.17) is 10.5 Å². The molecule has 0 aliphatic carbocycles. The number of nitriles is 1. The Morgan fingerprint density at radius 1 is 1.40 bits per heavy atom. The zero-order valence-corrected chi connectivity index (χ0v) is 11.1. The van der Waals surface area contributed by atoms with Crippen LogP contribution in [0.5, 0.6) is 5.88 Å². The number of benzene rings is 1. The predicted octanol–water partition coefficient (Wildman–Crippen LogP) is 2.19. The van der Waals surface area contributed by atoms with E-state index in [0.29, 0.717) is 11.5 Å². The van der Waals surface area contributed by atoms with Gasteiger partial charge in [0.1, 0.15) is 11.6 Å². The molecule has 20 heavy (non-hydrogen) atoms. The van der Waals surface area contributed by atoms with Crippen LogP contribution in [0.4, 0.5) is 0 Å². The molecular formula is C15H14N4O. The monoisotopic (exact) mass is 266 g/mol. The number of H-pyrrole nitrogens is 1. The molecule has 3 N–H and O–H groups in total. The number of rotatable bonds is 2. The second kappa shape index (κ2) is 4.74. The van der Waals surface area contributed by atoms with Gasteiger partial charge in [-0.3, -0.25) is 5.10 Å². The number of nitrogens with two attached hydrogens (primary N) is 1. The smallest absolute Gasteiger partial charge is 0.244 e. The fourth-order valence-corrected chi connectivity index (χ4v) is 2.56. The molecule has 1 unspecified atom stereocenters. The van der Waals surface area contributed by atoms with Gasteiger partial charge in [0.25, 0.3) is 0 Å². The third-order valence-corrected chi connectivity index (χ3v) is 3.50. The molecule has 2 heterocycles. The van der Waals surface area contributed by atoms with Gasteiger partial charge in [0.05, 0.1) is 5.92 Å². The summed E-state index contributed by atoms with van der Waals surface area (Å²) in [4.78, 5) is 0. The van der Waals surface area contributed by atoms with Gasteiger partial charge in [-0.1, -0.05) is 37.3 Å². The van der Waals surface area contributed by atoms with E-state index in [0.717, 1.165) is 23.2 Å². The van der Waals surface area contributed by atoms with Crippen molar-refractivity contribution in [2.45, 2.75) is 19.3 Å². The molecule has 0 amide bonds. The molecule has 100 valence electrons. The first kappa shape index (κ1) is 12.3. The number of allylic oxidation sites excluding steroid dienone is 1. The van der Waals surface area contributed by atoms with Crippen LogP contribution in [0.15, 0.2) is 41.8 Å². The normalized spacial score (nSPS) is 17.3. The van der Waals surface area contributed by atoms with E-state index >= 15 is 0 Å². The number of nitrogens with zero attached hydrogens (tertiary/aromatic N) is 2. The Bertz CT molecular complexity index is 709. The standard InChI is InChI=1S/C15H14N4O/c1-2-11-13-12(9-6-4-3-5-7-9)10(8-16)14(17)20-15(13)19-18-11/h3-7,12H,2,17H2,1H3,(H,18,19). The van der Waals surface area contributed by atoms with Crippen LogP contribution in [0.3, 0.4) is 0 Å². The van der Waals surface area contributed by atoms with Crippen LogP contribution in [-0.2, 0) is 6.42 Å². The van der Waals surface area contributed by atoms with E-state index in [1.807, 2.05) is 37.3 Å². The van der Waals surface area contributed by atoms with E-state index < -0.39 is 0 Å². The molecule has 0 radical (unpaired) electrons. The van der Waals surface area contributed by atoms with Gasteiger partial charge in [-0.15, -0.1) is 5.10 Å². The van der Waals surface area contributed by atoms with Gasteiger partial charge in [-0.25, -0.2) is 0 Å². The number of hydrogen-bond acceptors (Lipinski definition) is 4. The summed E-state index contributed by atoms with van der Waals surface area (Å²) in [5.74, 6) is 0.369. The molecule has 5 nitrogen and oxygen atoms in total. The van der Waals surface area contributed by atoms with Gasteiger partial charge in [0, 0.05) is 11.3 Å². The van der Waals surface area contributed by atoms with Crippen LogP contribution < -0.4 is 10.5 Å². The third-order valence-electron chi connectivity index (χ3n) is 3.50. The van der Waals surface area contributed by atoms with Crippen molar-refractivity contribution in [1.29, 1.82) is 5.26 Å². The molecule has 0 bridgehead atoms. The first-order valence-electron chi connectivity index (χ1n) is 6.46. The Balaban J connectivity index is 2.24. The third kappa shape index (κ3) is 1.74. The molecule has 1 atom stereocenters. The lowest BCUT2D eigenvalue weighted by Gasteiger charge is -2.23. The molecule has 0 saturated carbocycles. The summed E-state index contributed by atoms with van der Waals surface area (Å²) < 4.78 is 5.46. The second-order valence-electron chi connectivity index (χ2n) is 4.61. The minimum absolute atomic E-state index is 0.128. The molecule has 2 aromatic rings. The average Bonchev–Trinajstić information content (AvgIpc) is 2.89. The van der Waals surface area contributed by atoms with Gasteiger partial charge >= 0.3 is 0 Å². The summed E-state index contributed by atoms with van der Waals surface area (Å²) in [5.41, 5.74) is 9.17. The number of aryl methyl sites for hydroxylation is 1. The Morgan fingerprint density at radius 2 is 2.15 bits per heavy atom. The number of aromatic nitrogens is 2. The maximum atomic E-state index is 9.42. The number of aromatic amines is 1. The van der Waals surface area contributed by atoms with E-state index in [9.17, 15) is 5.26 Å². The summed E-state index contributed by atoms with van der Waals surface area (Å²) in [5, 5.41) is 16.5. The van der Waals surface area contributed by atoms with Crippen LogP contribution in [0.1, 0.15) is 29.7 Å². The van der Waals surface area contributed by atoms with Crippen LogP contribution in [-0.4, -0.2) is 10.2 Å². The highest BCUT2D eigenvalue weighted by Gasteiger charge is 2.34. The maximum absolute atomic E-state index is 9.42. The second-order valence-corrected chi connectivity index (χ2v) is 4.61. The number of ether oxygens (including phenoxy) is 1. The van der Waals surface area contributed by atoms with Crippen molar-refractivity contribution in [2.75, 3.05) is 0 Å². The molecule has 1 aromatic carbocycles. The van der Waals surface area contributed by atoms with Crippen LogP contribution >= 0.6 is 0 Å². The van der Waals surface area contributed by atoms with Crippen LogP contribution in [0, 0.1) is 11.3 Å². The lowest BCUT2D eigenvalue weighted by atomic mass is 9.84. The van der Waals surface area contributed by atoms with Crippen molar-refractivity contribution in [3.05, 3.63) is 58.6 Å². The largest absolute Gasteiger partial charge is 0.420 e. The highest BCUT2D eigenvalue weighted by atomic mass is 16.5. The highest BCUT2D eigenvalue weighted by Crippen LogP contribution is 2.42. The maximum Gasteiger partial charge on any atom is 0.244 e. The number of fused-ring (bicyclic) bond motifs is 1. The SMILES string of the molecule is CCc1[nH]nc2c1C(c1ccccc1)C(C#N)=C(N)O2. The van der Waals surface area contributed by atoms with E-state index in [1.54, 1.807) is 0 Å². The highest BCUT2D eigenvalue weighted by molar-refractivity contribution is 5.54.